The number of nitrogens with two attached hydrogens (primary N) is 1. The van der Waals surface area contributed by atoms with Gasteiger partial charge in [0.15, 0.2) is 0 Å². The summed E-state index contributed by atoms with van der Waals surface area (Å²) in [7, 11) is 3.91. The number of nitrogens with zero attached hydrogens (tertiary/aromatic N) is 2. The molecule has 0 unspecified atom stereocenters. The topological polar surface area (TPSA) is 90.8 Å². The molecule has 80 valence electrons. The van der Waals surface area contributed by atoms with E-state index in [2.05, 4.69) is 15.0 Å². The van der Waals surface area contributed by atoms with Gasteiger partial charge in [0, 0.05) is 12.2 Å². The van der Waals surface area contributed by atoms with Crippen LogP contribution in [0.15, 0.2) is 10.9 Å². The number of hydrogen-bond acceptors (Lipinski definition) is 4. The molecule has 0 saturated carbocycles. The predicted molar refractivity (Wildman–Crippen MR) is 58.5 cm³/mol. The summed E-state index contributed by atoms with van der Waals surface area (Å²) in [5.41, 5.74) is 6.71. The van der Waals surface area contributed by atoms with Crippen molar-refractivity contribution in [2.24, 2.45) is 0 Å². The van der Waals surface area contributed by atoms with Gasteiger partial charge in [0.25, 0.3) is 5.56 Å². The summed E-state index contributed by atoms with van der Waals surface area (Å²) in [4.78, 5) is 23.0. The van der Waals surface area contributed by atoms with Crippen molar-refractivity contribution in [2.75, 3.05) is 19.8 Å². The first-order valence-corrected chi connectivity index (χ1v) is 4.58. The Labute approximate surface area is 86.1 Å². The molecule has 0 aliphatic heterocycles. The first-order chi connectivity index (χ1) is 7.06. The van der Waals surface area contributed by atoms with Crippen molar-refractivity contribution in [1.29, 1.82) is 0 Å². The average Bonchev–Trinajstić information content (AvgIpc) is 2.45. The van der Waals surface area contributed by atoms with Crippen LogP contribution in [0.3, 0.4) is 0 Å². The summed E-state index contributed by atoms with van der Waals surface area (Å²) < 4.78 is 0. The maximum atomic E-state index is 11.5. The highest BCUT2D eigenvalue weighted by atomic mass is 16.1. The number of fused-ring (bicyclic) bond motifs is 1. The summed E-state index contributed by atoms with van der Waals surface area (Å²) in [5.74, 6) is 0.130. The van der Waals surface area contributed by atoms with Crippen LogP contribution in [0.25, 0.3) is 11.0 Å². The molecule has 2 aromatic rings. The van der Waals surface area contributed by atoms with E-state index >= 15 is 0 Å². The van der Waals surface area contributed by atoms with E-state index in [9.17, 15) is 4.79 Å². The lowest BCUT2D eigenvalue weighted by molar-refractivity contribution is 0.398. The molecule has 0 aliphatic rings. The monoisotopic (exact) mass is 207 g/mol. The van der Waals surface area contributed by atoms with Gasteiger partial charge in [-0.15, -0.1) is 0 Å². The zero-order chi connectivity index (χ0) is 11.0. The number of nitrogens with one attached hydrogen (secondary N) is 2. The van der Waals surface area contributed by atoms with Gasteiger partial charge in [0.05, 0.1) is 5.39 Å². The van der Waals surface area contributed by atoms with Gasteiger partial charge in [0.2, 0.25) is 5.95 Å². The van der Waals surface area contributed by atoms with Crippen molar-refractivity contribution in [2.45, 2.75) is 6.54 Å². The molecule has 0 radical (unpaired) electrons. The van der Waals surface area contributed by atoms with E-state index in [1.165, 1.54) is 0 Å². The number of H-pyrrole nitrogens is 2. The van der Waals surface area contributed by atoms with Crippen LogP contribution in [-0.4, -0.2) is 33.9 Å². The second-order valence-electron chi connectivity index (χ2n) is 3.75. The largest absolute Gasteiger partial charge is 0.369 e. The third-order valence-electron chi connectivity index (χ3n) is 2.06. The van der Waals surface area contributed by atoms with E-state index in [4.69, 9.17) is 5.73 Å². The minimum Gasteiger partial charge on any atom is -0.369 e. The lowest BCUT2D eigenvalue weighted by Crippen LogP contribution is -2.10. The third kappa shape index (κ3) is 1.84. The maximum absolute atomic E-state index is 11.5. The smallest absolute Gasteiger partial charge is 0.261 e. The summed E-state index contributed by atoms with van der Waals surface area (Å²) in [6.07, 6.45) is 0. The van der Waals surface area contributed by atoms with Gasteiger partial charge in [-0.2, -0.15) is 4.98 Å². The van der Waals surface area contributed by atoms with Gasteiger partial charge < -0.3 is 15.6 Å². The lowest BCUT2D eigenvalue weighted by atomic mass is 10.3. The molecule has 0 amide bonds. The van der Waals surface area contributed by atoms with E-state index in [0.29, 0.717) is 11.0 Å². The number of nitrogen functional groups attached to an aromatic ring is 1. The normalized spacial score (nSPS) is 11.4. The Balaban J connectivity index is 2.55. The van der Waals surface area contributed by atoms with Crippen LogP contribution < -0.4 is 11.3 Å². The Bertz CT molecular complexity index is 539. The van der Waals surface area contributed by atoms with Crippen LogP contribution in [0.2, 0.25) is 0 Å². The van der Waals surface area contributed by atoms with Gasteiger partial charge in [-0.05, 0) is 20.2 Å². The maximum Gasteiger partial charge on any atom is 0.261 e. The third-order valence-corrected chi connectivity index (χ3v) is 2.06. The zero-order valence-corrected chi connectivity index (χ0v) is 8.66. The fourth-order valence-corrected chi connectivity index (χ4v) is 1.52. The number of anilines is 1. The molecule has 0 aliphatic carbocycles. The molecule has 6 heteroatoms. The Morgan fingerprint density at radius 3 is 2.87 bits per heavy atom. The van der Waals surface area contributed by atoms with E-state index in [-0.39, 0.29) is 11.5 Å². The first kappa shape index (κ1) is 9.72. The van der Waals surface area contributed by atoms with E-state index < -0.39 is 0 Å². The predicted octanol–water partition coefficient (Wildman–Crippen LogP) is -0.105. The van der Waals surface area contributed by atoms with Crippen molar-refractivity contribution >= 4 is 17.0 Å². The Kier molecular flexibility index (Phi) is 2.20. The summed E-state index contributed by atoms with van der Waals surface area (Å²) in [6, 6.07) is 1.79. The fourth-order valence-electron chi connectivity index (χ4n) is 1.52. The van der Waals surface area contributed by atoms with Crippen LogP contribution >= 0.6 is 0 Å². The second kappa shape index (κ2) is 3.39. The average molecular weight is 207 g/mol. The highest BCUT2D eigenvalue weighted by Crippen LogP contribution is 2.10. The van der Waals surface area contributed by atoms with Gasteiger partial charge in [0.1, 0.15) is 5.65 Å². The van der Waals surface area contributed by atoms with Crippen molar-refractivity contribution in [3.63, 3.8) is 0 Å². The minimum absolute atomic E-state index is 0.130. The highest BCUT2D eigenvalue weighted by Gasteiger charge is 2.06. The molecular formula is C9H13N5O. The molecule has 2 aromatic heterocycles. The molecule has 6 nitrogen and oxygen atoms in total. The van der Waals surface area contributed by atoms with Gasteiger partial charge >= 0.3 is 0 Å². The molecule has 2 rings (SSSR count). The minimum atomic E-state index is -0.209. The van der Waals surface area contributed by atoms with Crippen molar-refractivity contribution in [1.82, 2.24) is 19.9 Å². The molecule has 15 heavy (non-hydrogen) atoms. The Morgan fingerprint density at radius 1 is 1.47 bits per heavy atom. The number of hydrogen-bond donors (Lipinski definition) is 3. The summed E-state index contributed by atoms with van der Waals surface area (Å²) in [6.45, 7) is 0.732. The van der Waals surface area contributed by atoms with Crippen molar-refractivity contribution in [3.8, 4) is 0 Å². The second-order valence-corrected chi connectivity index (χ2v) is 3.75. The zero-order valence-electron chi connectivity index (χ0n) is 8.66. The summed E-state index contributed by atoms with van der Waals surface area (Å²) >= 11 is 0. The molecule has 0 atom stereocenters. The van der Waals surface area contributed by atoms with Gasteiger partial charge in [-0.3, -0.25) is 9.78 Å². The number of rotatable bonds is 2. The highest BCUT2D eigenvalue weighted by molar-refractivity contribution is 5.76. The van der Waals surface area contributed by atoms with Crippen LogP contribution in [0, 0.1) is 0 Å². The van der Waals surface area contributed by atoms with E-state index in [1.54, 1.807) is 6.07 Å². The molecule has 0 fully saturated rings. The molecule has 4 N–H and O–H groups in total. The molecular weight excluding hydrogens is 194 g/mol. The SMILES string of the molecule is CN(C)Cc1cc2c(=O)[nH]c(N)nc2[nH]1. The molecule has 0 aromatic carbocycles. The molecule has 0 saturated heterocycles. The molecule has 0 bridgehead atoms. The standard InChI is InChI=1S/C9H13N5O/c1-14(2)4-5-3-6-7(11-5)12-9(10)13-8(6)15/h3H,4H2,1-2H3,(H4,10,11,12,13,15). The van der Waals surface area contributed by atoms with Crippen LogP contribution in [0.1, 0.15) is 5.69 Å². The lowest BCUT2D eigenvalue weighted by Gasteiger charge is -2.05. The molecule has 0 spiro atoms. The van der Waals surface area contributed by atoms with E-state index in [0.717, 1.165) is 12.2 Å². The first-order valence-electron chi connectivity index (χ1n) is 4.58. The van der Waals surface area contributed by atoms with Crippen LogP contribution in [0.4, 0.5) is 5.95 Å². The molecule has 2 heterocycles. The Morgan fingerprint density at radius 2 is 2.20 bits per heavy atom. The number of aromatic nitrogens is 3. The van der Waals surface area contributed by atoms with Gasteiger partial charge in [-0.1, -0.05) is 0 Å². The fraction of sp³-hybridized carbons (Fsp3) is 0.333. The van der Waals surface area contributed by atoms with Crippen molar-refractivity contribution in [3.05, 3.63) is 22.1 Å². The van der Waals surface area contributed by atoms with Crippen LogP contribution in [0.5, 0.6) is 0 Å². The van der Waals surface area contributed by atoms with Gasteiger partial charge in [-0.25, -0.2) is 0 Å². The number of aromatic amines is 2. The Hall–Kier alpha value is -1.82. The van der Waals surface area contributed by atoms with Crippen LogP contribution in [-0.2, 0) is 6.54 Å². The van der Waals surface area contributed by atoms with Crippen molar-refractivity contribution < 1.29 is 0 Å². The summed E-state index contributed by atoms with van der Waals surface area (Å²) in [5, 5.41) is 0.543. The van der Waals surface area contributed by atoms with E-state index in [1.807, 2.05) is 19.0 Å². The quantitative estimate of drug-likeness (QED) is 0.641.